The van der Waals surface area contributed by atoms with E-state index in [1.165, 1.54) is 30.8 Å². The number of thiazole rings is 1. The standard InChI is InChI=1S/C19H16N2S2.C13H14Cl2N2O3S/c1-2-21-15-9-4-6-11-17(15)23-19(21)13-7-12-18-20-14-8-3-5-10-16(14)22-18;1-2-16-9-17(5-3-4-6-21(18,19)20)13-8-11(15)10(14)7-12(13)16/h3-13H,2H2,1H3;7-8H,2,5-6,9H2,1H3,(H,18,19,20)/p+1. The van der Waals surface area contributed by atoms with Crippen LogP contribution in [-0.2, 0) is 16.7 Å². The Morgan fingerprint density at radius 3 is 2.43 bits per heavy atom. The largest absolute Gasteiger partial charge is 0.352 e. The number of thioether (sulfide) groups is 1. The van der Waals surface area contributed by atoms with Gasteiger partial charge in [0.2, 0.25) is 5.52 Å². The lowest BCUT2D eigenvalue weighted by Gasteiger charge is -2.18. The van der Waals surface area contributed by atoms with Gasteiger partial charge in [0.05, 0.1) is 45.3 Å². The predicted octanol–water partition coefficient (Wildman–Crippen LogP) is 7.77. The fraction of sp³-hybridized carbons (Fsp3) is 0.219. The van der Waals surface area contributed by atoms with Crippen molar-refractivity contribution in [1.82, 2.24) is 0 Å². The molecule has 0 radical (unpaired) electrons. The molecular formula is C32H31Cl2N4O3S3+. The number of hydrogen-bond donors (Lipinski definition) is 2. The molecule has 228 valence electrons. The van der Waals surface area contributed by atoms with E-state index >= 15 is 0 Å². The van der Waals surface area contributed by atoms with Crippen molar-refractivity contribution in [2.45, 2.75) is 25.3 Å². The van der Waals surface area contributed by atoms with Gasteiger partial charge in [-0.05, 0) is 50.3 Å². The van der Waals surface area contributed by atoms with E-state index in [1.54, 1.807) is 17.8 Å². The minimum Gasteiger partial charge on any atom is -0.352 e. The number of fused-ring (bicyclic) bond motifs is 3. The second-order valence-corrected chi connectivity index (χ2v) is 14.2. The number of aromatic nitrogens is 1. The normalized spacial score (nSPS) is 14.7. The molecule has 0 saturated carbocycles. The molecule has 7 nitrogen and oxygen atoms in total. The number of rotatable bonds is 6. The second kappa shape index (κ2) is 14.3. The Labute approximate surface area is 276 Å². The summed E-state index contributed by atoms with van der Waals surface area (Å²) in [6.07, 6.45) is 6.49. The van der Waals surface area contributed by atoms with E-state index in [0.717, 1.165) is 24.5 Å². The summed E-state index contributed by atoms with van der Waals surface area (Å²) in [5.74, 6) is 4.61. The van der Waals surface area contributed by atoms with E-state index in [-0.39, 0.29) is 0 Å². The van der Waals surface area contributed by atoms with Gasteiger partial charge in [0, 0.05) is 23.6 Å². The Balaban J connectivity index is 0.000000176. The minimum absolute atomic E-state index is 0.344. The Hall–Kier alpha value is -3.17. The van der Waals surface area contributed by atoms with Crippen LogP contribution in [-0.4, -0.2) is 38.5 Å². The molecule has 4 aromatic rings. The molecule has 3 heterocycles. The minimum atomic E-state index is -4.05. The van der Waals surface area contributed by atoms with Crippen molar-refractivity contribution in [2.75, 3.05) is 40.6 Å². The molecular weight excluding hydrogens is 655 g/mol. The van der Waals surface area contributed by atoms with Crippen LogP contribution in [0.4, 0.5) is 17.1 Å². The molecule has 0 saturated heterocycles. The highest BCUT2D eigenvalue weighted by molar-refractivity contribution is 8.03. The van der Waals surface area contributed by atoms with Crippen molar-refractivity contribution < 1.29 is 17.5 Å². The third-order valence-corrected chi connectivity index (χ3v) is 10.3. The quantitative estimate of drug-likeness (QED) is 0.122. The molecule has 0 fully saturated rings. The lowest BCUT2D eigenvalue weighted by atomic mass is 10.2. The number of allylic oxidation sites excluding steroid dienone is 2. The van der Waals surface area contributed by atoms with E-state index in [1.807, 2.05) is 29.2 Å². The zero-order chi connectivity index (χ0) is 31.3. The zero-order valence-corrected chi connectivity index (χ0v) is 28.1. The second-order valence-electron chi connectivity index (χ2n) is 9.80. The van der Waals surface area contributed by atoms with E-state index in [4.69, 9.17) is 27.8 Å². The molecule has 6 rings (SSSR count). The van der Waals surface area contributed by atoms with Crippen molar-refractivity contribution in [3.63, 3.8) is 0 Å². The first-order chi connectivity index (χ1) is 21.2. The number of aryl methyl sites for hydroxylation is 1. The molecule has 2 aliphatic rings. The number of nitrogens with zero attached hydrogens (tertiary/aromatic N) is 3. The number of hydrogen-bond acceptors (Lipinski definition) is 7. The summed E-state index contributed by atoms with van der Waals surface area (Å²) in [5, 5.41) is 6.86. The SMILES string of the molecule is CCN1CN(CC#CCS(=O)(=O)O)c2cc(Cl)c(Cl)cc21.CC[n+]1c(C=CC=C2Nc3ccccc3S2)sc2ccccc21. The smallest absolute Gasteiger partial charge is 0.276 e. The van der Waals surface area contributed by atoms with Crippen LogP contribution in [0, 0.1) is 11.8 Å². The maximum absolute atomic E-state index is 10.6. The number of para-hydroxylation sites is 2. The monoisotopic (exact) mass is 685 g/mol. The predicted molar refractivity (Wildman–Crippen MR) is 187 cm³/mol. The van der Waals surface area contributed by atoms with Gasteiger partial charge in [0.15, 0.2) is 0 Å². The van der Waals surface area contributed by atoms with Crippen molar-refractivity contribution >= 4 is 89.8 Å². The van der Waals surface area contributed by atoms with Gasteiger partial charge in [-0.1, -0.05) is 88.5 Å². The summed E-state index contributed by atoms with van der Waals surface area (Å²) in [6, 6.07) is 20.6. The van der Waals surface area contributed by atoms with Gasteiger partial charge >= 0.3 is 0 Å². The lowest BCUT2D eigenvalue weighted by Crippen LogP contribution is -2.33. The van der Waals surface area contributed by atoms with Crippen LogP contribution < -0.4 is 19.7 Å². The Kier molecular flexibility index (Phi) is 10.5. The van der Waals surface area contributed by atoms with Crippen molar-refractivity contribution in [3.8, 4) is 11.8 Å². The highest BCUT2D eigenvalue weighted by Crippen LogP contribution is 2.41. The fourth-order valence-corrected chi connectivity index (χ4v) is 7.48. The van der Waals surface area contributed by atoms with Gasteiger partial charge in [-0.2, -0.15) is 13.0 Å². The molecule has 0 aliphatic carbocycles. The molecule has 44 heavy (non-hydrogen) atoms. The molecule has 2 N–H and O–H groups in total. The van der Waals surface area contributed by atoms with Crippen LogP contribution >= 0.6 is 46.3 Å². The van der Waals surface area contributed by atoms with Crippen LogP contribution in [0.2, 0.25) is 10.0 Å². The molecule has 3 aromatic carbocycles. The molecule has 0 amide bonds. The molecule has 0 spiro atoms. The van der Waals surface area contributed by atoms with Crippen LogP contribution in [0.15, 0.2) is 82.7 Å². The Morgan fingerprint density at radius 1 is 1.02 bits per heavy atom. The van der Waals surface area contributed by atoms with E-state index in [2.05, 4.69) is 100 Å². The number of anilines is 3. The van der Waals surface area contributed by atoms with Gasteiger partial charge in [0.25, 0.3) is 15.1 Å². The summed E-state index contributed by atoms with van der Waals surface area (Å²) in [4.78, 5) is 5.37. The Morgan fingerprint density at radius 2 is 1.73 bits per heavy atom. The third kappa shape index (κ3) is 7.72. The molecule has 0 atom stereocenters. The van der Waals surface area contributed by atoms with E-state index in [9.17, 15) is 8.42 Å². The first kappa shape index (κ1) is 32.2. The van der Waals surface area contributed by atoms with Crippen LogP contribution in [0.3, 0.4) is 0 Å². The fourth-order valence-electron chi connectivity index (χ4n) is 4.82. The first-order valence-electron chi connectivity index (χ1n) is 13.9. The highest BCUT2D eigenvalue weighted by atomic mass is 35.5. The van der Waals surface area contributed by atoms with Crippen molar-refractivity contribution in [1.29, 1.82) is 0 Å². The third-order valence-electron chi connectivity index (χ3n) is 6.88. The van der Waals surface area contributed by atoms with Crippen LogP contribution in [0.1, 0.15) is 18.9 Å². The van der Waals surface area contributed by atoms with Gasteiger partial charge in [0.1, 0.15) is 17.0 Å². The maximum atomic E-state index is 10.6. The average molecular weight is 687 g/mol. The molecule has 0 unspecified atom stereocenters. The maximum Gasteiger partial charge on any atom is 0.276 e. The van der Waals surface area contributed by atoms with Gasteiger partial charge in [-0.15, -0.1) is 0 Å². The number of nitrogens with one attached hydrogen (secondary N) is 1. The summed E-state index contributed by atoms with van der Waals surface area (Å²) in [6.45, 7) is 6.98. The molecule has 0 bridgehead atoms. The van der Waals surface area contributed by atoms with Gasteiger partial charge in [-0.25, -0.2) is 0 Å². The van der Waals surface area contributed by atoms with Gasteiger partial charge < -0.3 is 15.1 Å². The van der Waals surface area contributed by atoms with Crippen molar-refractivity contribution in [3.05, 3.63) is 92.9 Å². The highest BCUT2D eigenvalue weighted by Gasteiger charge is 2.25. The number of benzene rings is 3. The summed E-state index contributed by atoms with van der Waals surface area (Å²) < 4.78 is 33.5. The average Bonchev–Trinajstić information content (AvgIpc) is 3.68. The Bertz CT molecular complexity index is 1890. The van der Waals surface area contributed by atoms with Gasteiger partial charge in [-0.3, -0.25) is 4.55 Å². The molecule has 2 aliphatic heterocycles. The lowest BCUT2D eigenvalue weighted by molar-refractivity contribution is -0.665. The number of halogens is 2. The molecule has 12 heteroatoms. The van der Waals surface area contributed by atoms with E-state index < -0.39 is 15.9 Å². The van der Waals surface area contributed by atoms with Crippen LogP contribution in [0.5, 0.6) is 0 Å². The summed E-state index contributed by atoms with van der Waals surface area (Å²) >= 11 is 15.7. The summed E-state index contributed by atoms with van der Waals surface area (Å²) in [5.41, 5.74) is 4.39. The van der Waals surface area contributed by atoms with Crippen molar-refractivity contribution in [2.24, 2.45) is 0 Å². The molecule has 1 aromatic heterocycles. The zero-order valence-electron chi connectivity index (χ0n) is 24.1. The summed E-state index contributed by atoms with van der Waals surface area (Å²) in [7, 11) is -4.05. The van der Waals surface area contributed by atoms with Crippen LogP contribution in [0.25, 0.3) is 16.3 Å². The first-order valence-corrected chi connectivity index (χ1v) is 17.9. The topological polar surface area (TPSA) is 76.8 Å². The van der Waals surface area contributed by atoms with E-state index in [0.29, 0.717) is 23.3 Å².